The number of aryl methyl sites for hydroxylation is 4. The largest absolute Gasteiger partial charge is 0.366 e. The highest BCUT2D eigenvalue weighted by Gasteiger charge is 2.20. The predicted octanol–water partition coefficient (Wildman–Crippen LogP) is 4.93. The number of imidazole rings is 2. The first-order valence-corrected chi connectivity index (χ1v) is 15.3. The van der Waals surface area contributed by atoms with Gasteiger partial charge in [0.15, 0.2) is 0 Å². The lowest BCUT2D eigenvalue weighted by atomic mass is 10.2. The third kappa shape index (κ3) is 6.45. The Morgan fingerprint density at radius 2 is 1.23 bits per heavy atom. The number of anilines is 2. The lowest BCUT2D eigenvalue weighted by Gasteiger charge is -2.10. The second kappa shape index (κ2) is 13.7. The predicted molar refractivity (Wildman–Crippen MR) is 185 cm³/mol. The number of fused-ring (bicyclic) bond motifs is 2. The Morgan fingerprint density at radius 3 is 1.75 bits per heavy atom. The van der Waals surface area contributed by atoms with Crippen LogP contribution in [0.3, 0.4) is 0 Å². The number of primary amides is 1. The lowest BCUT2D eigenvalue weighted by Crippen LogP contribution is -2.20. The molecule has 4 N–H and O–H groups in total. The van der Waals surface area contributed by atoms with E-state index in [1.165, 1.54) is 0 Å². The van der Waals surface area contributed by atoms with Gasteiger partial charge in [0.25, 0.3) is 11.8 Å². The molecule has 14 nitrogen and oxygen atoms in total. The summed E-state index contributed by atoms with van der Waals surface area (Å²) in [5.74, 6) is -0.507. The van der Waals surface area contributed by atoms with Gasteiger partial charge in [-0.05, 0) is 70.2 Å². The van der Waals surface area contributed by atoms with E-state index in [-0.39, 0.29) is 19.2 Å². The van der Waals surface area contributed by atoms with Crippen molar-refractivity contribution in [1.29, 1.82) is 0 Å². The molecule has 0 aliphatic heterocycles. The molecule has 2 aromatic carbocycles. The molecule has 0 bridgehead atoms. The molecule has 6 rings (SSSR count). The summed E-state index contributed by atoms with van der Waals surface area (Å²) >= 11 is 0. The second-order valence-electron chi connectivity index (χ2n) is 11.0. The monoisotopic (exact) mass is 649 g/mol. The molecule has 0 spiro atoms. The summed E-state index contributed by atoms with van der Waals surface area (Å²) in [5.41, 5.74) is 11.0. The normalized spacial score (nSPS) is 11.3. The summed E-state index contributed by atoms with van der Waals surface area (Å²) in [6.07, 6.45) is 3.89. The van der Waals surface area contributed by atoms with Crippen molar-refractivity contribution in [3.05, 3.63) is 95.1 Å². The molecule has 0 fully saturated rings. The number of allylic oxidation sites excluding steroid dienone is 2. The molecule has 248 valence electrons. The van der Waals surface area contributed by atoms with E-state index in [1.807, 2.05) is 73.2 Å². The SMILES string of the molecule is C.CCn1nc(C)cc1C(=O)Nc1nc2ccccc2n1C/C=C/Cn1c(NC(=O)c2cc(C)nn2CC)nc2cc(C(N)=O)ccc21. The van der Waals surface area contributed by atoms with Gasteiger partial charge in [0.1, 0.15) is 11.4 Å². The molecule has 48 heavy (non-hydrogen) atoms. The molecule has 0 radical (unpaired) electrons. The van der Waals surface area contributed by atoms with E-state index in [9.17, 15) is 14.4 Å². The fraction of sp³-hybridized carbons (Fsp3) is 0.265. The summed E-state index contributed by atoms with van der Waals surface area (Å²) in [7, 11) is 0. The standard InChI is InChI=1S/C33H35N11O3.CH4/c1-5-43-27(17-20(3)39-43)30(46)37-32-35-23-11-7-8-12-25(23)41(32)15-9-10-16-42-26-14-13-22(29(34)45)19-24(26)36-33(42)38-31(47)28-18-21(4)40-44(28)6-2;/h7-14,17-19H,5-6,15-16H2,1-4H3,(H2,34,45)(H,35,37,46)(H,36,38,47);1H4/b10-9+;. The van der Waals surface area contributed by atoms with E-state index in [0.29, 0.717) is 66.1 Å². The Bertz CT molecular complexity index is 2180. The number of carbonyl (C=O) groups excluding carboxylic acids is 3. The van der Waals surface area contributed by atoms with Gasteiger partial charge in [-0.1, -0.05) is 31.7 Å². The van der Waals surface area contributed by atoms with Crippen molar-refractivity contribution in [2.75, 3.05) is 10.6 Å². The minimum absolute atomic E-state index is 0. The Balaban J connectivity index is 0.00000451. The molecule has 6 aromatic rings. The average molecular weight is 650 g/mol. The Labute approximate surface area is 277 Å². The fourth-order valence-corrected chi connectivity index (χ4v) is 5.55. The Kier molecular flexibility index (Phi) is 9.54. The van der Waals surface area contributed by atoms with Gasteiger partial charge in [0.05, 0.1) is 33.5 Å². The number of carbonyl (C=O) groups is 3. The maximum atomic E-state index is 13.3. The van der Waals surface area contributed by atoms with Gasteiger partial charge in [-0.3, -0.25) is 34.4 Å². The zero-order valence-corrected chi connectivity index (χ0v) is 26.6. The molecule has 3 amide bonds. The van der Waals surface area contributed by atoms with Crippen molar-refractivity contribution in [2.45, 2.75) is 61.3 Å². The van der Waals surface area contributed by atoms with E-state index in [1.54, 1.807) is 39.7 Å². The van der Waals surface area contributed by atoms with Crippen LogP contribution in [0.5, 0.6) is 0 Å². The molecule has 0 saturated carbocycles. The maximum absolute atomic E-state index is 13.3. The van der Waals surface area contributed by atoms with Crippen molar-refractivity contribution in [2.24, 2.45) is 5.73 Å². The number of para-hydroxylation sites is 2. The van der Waals surface area contributed by atoms with Crippen LogP contribution in [-0.4, -0.2) is 56.4 Å². The van der Waals surface area contributed by atoms with Gasteiger partial charge < -0.3 is 14.9 Å². The fourth-order valence-electron chi connectivity index (χ4n) is 5.55. The number of nitrogens with one attached hydrogen (secondary N) is 2. The van der Waals surface area contributed by atoms with Crippen molar-refractivity contribution in [3.63, 3.8) is 0 Å². The number of aromatic nitrogens is 8. The zero-order valence-electron chi connectivity index (χ0n) is 26.6. The van der Waals surface area contributed by atoms with Gasteiger partial charge in [-0.25, -0.2) is 9.97 Å². The van der Waals surface area contributed by atoms with Crippen molar-refractivity contribution >= 4 is 51.7 Å². The summed E-state index contributed by atoms with van der Waals surface area (Å²) in [6, 6.07) is 16.1. The molecule has 0 saturated heterocycles. The van der Waals surface area contributed by atoms with Crippen LogP contribution in [-0.2, 0) is 26.2 Å². The summed E-state index contributed by atoms with van der Waals surface area (Å²) < 4.78 is 7.06. The van der Waals surface area contributed by atoms with Crippen molar-refractivity contribution in [3.8, 4) is 0 Å². The number of nitrogens with two attached hydrogens (primary N) is 1. The molecule has 4 heterocycles. The third-order valence-corrected chi connectivity index (χ3v) is 7.75. The zero-order chi connectivity index (χ0) is 33.2. The van der Waals surface area contributed by atoms with E-state index in [0.717, 1.165) is 22.4 Å². The Morgan fingerprint density at radius 1 is 0.729 bits per heavy atom. The third-order valence-electron chi connectivity index (χ3n) is 7.75. The maximum Gasteiger partial charge on any atom is 0.276 e. The molecule has 0 aliphatic rings. The summed E-state index contributed by atoms with van der Waals surface area (Å²) in [4.78, 5) is 47.8. The van der Waals surface area contributed by atoms with Crippen LogP contribution in [0.1, 0.15) is 64.0 Å². The van der Waals surface area contributed by atoms with Gasteiger partial charge in [-0.15, -0.1) is 0 Å². The molecular weight excluding hydrogens is 610 g/mol. The average Bonchev–Trinajstić information content (AvgIpc) is 3.81. The first-order valence-electron chi connectivity index (χ1n) is 15.3. The highest BCUT2D eigenvalue weighted by atomic mass is 16.2. The molecule has 14 heteroatoms. The quantitative estimate of drug-likeness (QED) is 0.167. The second-order valence-corrected chi connectivity index (χ2v) is 11.0. The highest BCUT2D eigenvalue weighted by Crippen LogP contribution is 2.23. The van der Waals surface area contributed by atoms with Crippen LogP contribution < -0.4 is 16.4 Å². The van der Waals surface area contributed by atoms with Crippen molar-refractivity contribution < 1.29 is 14.4 Å². The topological polar surface area (TPSA) is 173 Å². The summed E-state index contributed by atoms with van der Waals surface area (Å²) in [5, 5.41) is 14.6. The molecule has 0 aliphatic carbocycles. The van der Waals surface area contributed by atoms with Crippen LogP contribution in [0.4, 0.5) is 11.9 Å². The number of benzene rings is 2. The van der Waals surface area contributed by atoms with E-state index >= 15 is 0 Å². The van der Waals surface area contributed by atoms with Gasteiger partial charge >= 0.3 is 0 Å². The lowest BCUT2D eigenvalue weighted by molar-refractivity contribution is 0.0995. The summed E-state index contributed by atoms with van der Waals surface area (Å²) in [6.45, 7) is 9.36. The first-order chi connectivity index (χ1) is 22.7. The number of nitrogens with zero attached hydrogens (tertiary/aromatic N) is 8. The van der Waals surface area contributed by atoms with E-state index in [4.69, 9.17) is 5.73 Å². The molecular formula is C34H39N11O3. The van der Waals surface area contributed by atoms with Crippen molar-refractivity contribution in [1.82, 2.24) is 38.7 Å². The van der Waals surface area contributed by atoms with Crippen LogP contribution in [0.25, 0.3) is 22.1 Å². The van der Waals surface area contributed by atoms with Gasteiger partial charge in [0, 0.05) is 31.7 Å². The smallest absolute Gasteiger partial charge is 0.276 e. The molecule has 0 atom stereocenters. The van der Waals surface area contributed by atoms with Crippen LogP contribution in [0.2, 0.25) is 0 Å². The molecule has 0 unspecified atom stereocenters. The first kappa shape index (κ1) is 33.3. The van der Waals surface area contributed by atoms with Crippen LogP contribution in [0, 0.1) is 13.8 Å². The minimum Gasteiger partial charge on any atom is -0.366 e. The van der Waals surface area contributed by atoms with Crippen LogP contribution >= 0.6 is 0 Å². The minimum atomic E-state index is -0.570. The van der Waals surface area contributed by atoms with Gasteiger partial charge in [0.2, 0.25) is 17.8 Å². The van der Waals surface area contributed by atoms with Crippen LogP contribution in [0.15, 0.2) is 66.7 Å². The van der Waals surface area contributed by atoms with E-state index in [2.05, 4.69) is 30.8 Å². The highest BCUT2D eigenvalue weighted by molar-refractivity contribution is 6.04. The number of hydrogen-bond donors (Lipinski definition) is 3. The number of amides is 3. The number of rotatable bonds is 11. The van der Waals surface area contributed by atoms with Gasteiger partial charge in [-0.2, -0.15) is 10.2 Å². The molecule has 4 aromatic heterocycles. The number of hydrogen-bond acceptors (Lipinski definition) is 7. The van der Waals surface area contributed by atoms with E-state index < -0.39 is 5.91 Å². The Hall–Kier alpha value is -6.05.